The van der Waals surface area contributed by atoms with Crippen LogP contribution in [0.4, 0.5) is 5.69 Å². The van der Waals surface area contributed by atoms with Crippen LogP contribution in [-0.4, -0.2) is 12.6 Å². The molecule has 4 nitrogen and oxygen atoms in total. The van der Waals surface area contributed by atoms with E-state index in [2.05, 4.69) is 0 Å². The predicted octanol–water partition coefficient (Wildman–Crippen LogP) is 3.33. The number of hydrogen-bond acceptors (Lipinski definition) is 4. The zero-order valence-electron chi connectivity index (χ0n) is 12.3. The molecule has 0 heterocycles. The van der Waals surface area contributed by atoms with Crippen LogP contribution in [0.2, 0.25) is 0 Å². The van der Waals surface area contributed by atoms with Crippen LogP contribution >= 0.6 is 0 Å². The Morgan fingerprint density at radius 1 is 1.14 bits per heavy atom. The Morgan fingerprint density at radius 2 is 1.86 bits per heavy atom. The number of carbonyl (C=O) groups excluding carboxylic acids is 1. The average Bonchev–Trinajstić information content (AvgIpc) is 2.47. The lowest BCUT2D eigenvalue weighted by atomic mass is 10.1. The minimum Gasteiger partial charge on any atom is -0.493 e. The molecular formula is C17H19NO3. The molecule has 0 atom stereocenters. The summed E-state index contributed by atoms with van der Waals surface area (Å²) >= 11 is 0. The fourth-order valence-electron chi connectivity index (χ4n) is 1.95. The first-order chi connectivity index (χ1) is 10.1. The van der Waals surface area contributed by atoms with Gasteiger partial charge in [-0.1, -0.05) is 35.9 Å². The second kappa shape index (κ2) is 6.79. The van der Waals surface area contributed by atoms with Crippen LogP contribution in [-0.2, 0) is 11.3 Å². The van der Waals surface area contributed by atoms with E-state index in [1.54, 1.807) is 18.2 Å². The SMILES string of the molecule is CCOc1cccc(N)c1C(=O)OCc1ccc(C)cc1. The second-order valence-corrected chi connectivity index (χ2v) is 4.72. The summed E-state index contributed by atoms with van der Waals surface area (Å²) in [6, 6.07) is 12.9. The molecule has 0 unspecified atom stereocenters. The van der Waals surface area contributed by atoms with Crippen LogP contribution in [0.5, 0.6) is 5.75 Å². The molecule has 0 radical (unpaired) electrons. The van der Waals surface area contributed by atoms with Crippen molar-refractivity contribution in [2.75, 3.05) is 12.3 Å². The molecule has 4 heteroatoms. The summed E-state index contributed by atoms with van der Waals surface area (Å²) in [5.41, 5.74) is 8.60. The molecule has 0 spiro atoms. The second-order valence-electron chi connectivity index (χ2n) is 4.72. The number of hydrogen-bond donors (Lipinski definition) is 1. The van der Waals surface area contributed by atoms with Crippen LogP contribution in [0.1, 0.15) is 28.4 Å². The standard InChI is InChI=1S/C17H19NO3/c1-3-20-15-6-4-5-14(18)16(15)17(19)21-11-13-9-7-12(2)8-10-13/h4-10H,3,11,18H2,1-2H3. The third-order valence-corrected chi connectivity index (χ3v) is 3.05. The predicted molar refractivity (Wildman–Crippen MR) is 82.3 cm³/mol. The molecule has 0 aliphatic rings. The first-order valence-electron chi connectivity index (χ1n) is 6.85. The summed E-state index contributed by atoms with van der Waals surface area (Å²) in [5, 5.41) is 0. The first kappa shape index (κ1) is 14.9. The minimum atomic E-state index is -0.475. The van der Waals surface area contributed by atoms with Gasteiger partial charge < -0.3 is 15.2 Å². The highest BCUT2D eigenvalue weighted by atomic mass is 16.5. The van der Waals surface area contributed by atoms with Gasteiger partial charge in [0.25, 0.3) is 0 Å². The molecule has 2 aromatic rings. The van der Waals surface area contributed by atoms with Gasteiger partial charge in [-0.3, -0.25) is 0 Å². The van der Waals surface area contributed by atoms with E-state index in [4.69, 9.17) is 15.2 Å². The number of aryl methyl sites for hydroxylation is 1. The molecule has 21 heavy (non-hydrogen) atoms. The van der Waals surface area contributed by atoms with Crippen molar-refractivity contribution in [3.05, 3.63) is 59.2 Å². The Balaban J connectivity index is 2.11. The molecule has 0 aromatic heterocycles. The molecule has 110 valence electrons. The summed E-state index contributed by atoms with van der Waals surface area (Å²) in [7, 11) is 0. The average molecular weight is 285 g/mol. The Bertz CT molecular complexity index is 620. The van der Waals surface area contributed by atoms with E-state index in [-0.39, 0.29) is 12.2 Å². The van der Waals surface area contributed by atoms with Crippen LogP contribution in [0.3, 0.4) is 0 Å². The highest BCUT2D eigenvalue weighted by Crippen LogP contribution is 2.25. The highest BCUT2D eigenvalue weighted by Gasteiger charge is 2.17. The third-order valence-electron chi connectivity index (χ3n) is 3.05. The molecule has 0 saturated carbocycles. The van der Waals surface area contributed by atoms with E-state index in [1.807, 2.05) is 38.1 Å². The van der Waals surface area contributed by atoms with Crippen molar-refractivity contribution in [1.29, 1.82) is 0 Å². The van der Waals surface area contributed by atoms with Crippen LogP contribution in [0.15, 0.2) is 42.5 Å². The third kappa shape index (κ3) is 3.75. The van der Waals surface area contributed by atoms with Gasteiger partial charge in [-0.25, -0.2) is 4.79 Å². The zero-order chi connectivity index (χ0) is 15.2. The number of benzene rings is 2. The van der Waals surface area contributed by atoms with Crippen LogP contribution in [0, 0.1) is 6.92 Å². The fraction of sp³-hybridized carbons (Fsp3) is 0.235. The van der Waals surface area contributed by atoms with E-state index in [0.29, 0.717) is 18.0 Å². The molecule has 2 aromatic carbocycles. The largest absolute Gasteiger partial charge is 0.493 e. The maximum atomic E-state index is 12.2. The van der Waals surface area contributed by atoms with Crippen LogP contribution < -0.4 is 10.5 Å². The normalized spacial score (nSPS) is 10.2. The monoisotopic (exact) mass is 285 g/mol. The lowest BCUT2D eigenvalue weighted by Gasteiger charge is -2.12. The first-order valence-corrected chi connectivity index (χ1v) is 6.85. The van der Waals surface area contributed by atoms with Crippen molar-refractivity contribution in [1.82, 2.24) is 0 Å². The van der Waals surface area contributed by atoms with Crippen molar-refractivity contribution in [3.63, 3.8) is 0 Å². The summed E-state index contributed by atoms with van der Waals surface area (Å²) in [5.74, 6) is -0.0245. The minimum absolute atomic E-state index is 0.207. The van der Waals surface area contributed by atoms with Gasteiger partial charge in [-0.05, 0) is 31.5 Å². The number of carbonyl (C=O) groups is 1. The summed E-state index contributed by atoms with van der Waals surface area (Å²) in [6.07, 6.45) is 0. The van der Waals surface area contributed by atoms with Crippen molar-refractivity contribution in [2.45, 2.75) is 20.5 Å². The van der Waals surface area contributed by atoms with Crippen molar-refractivity contribution in [2.24, 2.45) is 0 Å². The number of rotatable bonds is 5. The maximum Gasteiger partial charge on any atom is 0.344 e. The fourth-order valence-corrected chi connectivity index (χ4v) is 1.95. The molecule has 2 N–H and O–H groups in total. The number of nitrogens with two attached hydrogens (primary N) is 1. The lowest BCUT2D eigenvalue weighted by molar-refractivity contribution is 0.0469. The topological polar surface area (TPSA) is 61.5 Å². The zero-order valence-corrected chi connectivity index (χ0v) is 12.3. The number of nitrogen functional groups attached to an aromatic ring is 1. The summed E-state index contributed by atoms with van der Waals surface area (Å²) < 4.78 is 10.7. The Kier molecular flexibility index (Phi) is 4.82. The van der Waals surface area contributed by atoms with Crippen molar-refractivity contribution < 1.29 is 14.3 Å². The van der Waals surface area contributed by atoms with E-state index >= 15 is 0 Å². The Hall–Kier alpha value is -2.49. The van der Waals surface area contributed by atoms with Gasteiger partial charge in [0.2, 0.25) is 0 Å². The molecule has 0 amide bonds. The van der Waals surface area contributed by atoms with Crippen molar-refractivity contribution in [3.8, 4) is 5.75 Å². The van der Waals surface area contributed by atoms with Gasteiger partial charge in [-0.15, -0.1) is 0 Å². The lowest BCUT2D eigenvalue weighted by Crippen LogP contribution is -2.11. The van der Waals surface area contributed by atoms with E-state index in [1.165, 1.54) is 0 Å². The number of esters is 1. The molecule has 0 bridgehead atoms. The van der Waals surface area contributed by atoms with Gasteiger partial charge in [-0.2, -0.15) is 0 Å². The molecular weight excluding hydrogens is 266 g/mol. The Labute approximate surface area is 124 Å². The van der Waals surface area contributed by atoms with Gasteiger partial charge in [0.15, 0.2) is 0 Å². The smallest absolute Gasteiger partial charge is 0.344 e. The van der Waals surface area contributed by atoms with Crippen LogP contribution in [0.25, 0.3) is 0 Å². The molecule has 0 fully saturated rings. The number of ether oxygens (including phenoxy) is 2. The number of anilines is 1. The summed E-state index contributed by atoms with van der Waals surface area (Å²) in [6.45, 7) is 4.53. The van der Waals surface area contributed by atoms with Gasteiger partial charge >= 0.3 is 5.97 Å². The molecule has 0 saturated heterocycles. The van der Waals surface area contributed by atoms with E-state index in [0.717, 1.165) is 11.1 Å². The summed E-state index contributed by atoms with van der Waals surface area (Å²) in [4.78, 5) is 12.2. The quantitative estimate of drug-likeness (QED) is 0.676. The van der Waals surface area contributed by atoms with Gasteiger partial charge in [0.05, 0.1) is 6.61 Å². The highest BCUT2D eigenvalue weighted by molar-refractivity contribution is 5.98. The maximum absolute atomic E-state index is 12.2. The molecule has 2 rings (SSSR count). The van der Waals surface area contributed by atoms with Gasteiger partial charge in [0.1, 0.15) is 17.9 Å². The van der Waals surface area contributed by atoms with Crippen molar-refractivity contribution >= 4 is 11.7 Å². The van der Waals surface area contributed by atoms with Gasteiger partial charge in [0, 0.05) is 5.69 Å². The molecule has 0 aliphatic carbocycles. The van der Waals surface area contributed by atoms with E-state index in [9.17, 15) is 4.79 Å². The molecule has 0 aliphatic heterocycles. The Morgan fingerprint density at radius 3 is 2.52 bits per heavy atom. The van der Waals surface area contributed by atoms with E-state index < -0.39 is 5.97 Å².